The number of hydrogen-bond donors (Lipinski definition) is 2. The first-order chi connectivity index (χ1) is 11.2. The summed E-state index contributed by atoms with van der Waals surface area (Å²) in [5.41, 5.74) is 7.20. The molecule has 2 unspecified atom stereocenters. The Kier molecular flexibility index (Phi) is 4.80. The Balaban J connectivity index is 1.55. The smallest absolute Gasteiger partial charge is 0.189 e. The van der Waals surface area contributed by atoms with Crippen LogP contribution in [0.4, 0.5) is 0 Å². The van der Waals surface area contributed by atoms with Gasteiger partial charge in [0.2, 0.25) is 0 Å². The van der Waals surface area contributed by atoms with Crippen molar-refractivity contribution in [2.45, 2.75) is 25.9 Å². The Morgan fingerprint density at radius 2 is 2.35 bits per heavy atom. The summed E-state index contributed by atoms with van der Waals surface area (Å²) < 4.78 is 7.58. The summed E-state index contributed by atoms with van der Waals surface area (Å²) in [6.07, 6.45) is 4.63. The van der Waals surface area contributed by atoms with Crippen LogP contribution < -0.4 is 15.8 Å². The van der Waals surface area contributed by atoms with E-state index in [2.05, 4.69) is 28.4 Å². The Labute approximate surface area is 136 Å². The molecule has 2 atom stereocenters. The summed E-state index contributed by atoms with van der Waals surface area (Å²) >= 11 is 0. The van der Waals surface area contributed by atoms with Crippen LogP contribution in [0.5, 0.6) is 5.75 Å². The molecular formula is C17H23N5O. The molecule has 1 aromatic carbocycles. The first-order valence-corrected chi connectivity index (χ1v) is 7.98. The molecule has 6 nitrogen and oxygen atoms in total. The van der Waals surface area contributed by atoms with Crippen LogP contribution in [0.25, 0.3) is 0 Å². The minimum atomic E-state index is 0.158. The van der Waals surface area contributed by atoms with Crippen molar-refractivity contribution in [3.05, 3.63) is 48.3 Å². The normalized spacial score (nSPS) is 18.8. The summed E-state index contributed by atoms with van der Waals surface area (Å²) in [5.74, 6) is 1.78. The van der Waals surface area contributed by atoms with Gasteiger partial charge in [0.25, 0.3) is 0 Å². The lowest BCUT2D eigenvalue weighted by Gasteiger charge is -2.27. The summed E-state index contributed by atoms with van der Waals surface area (Å²) in [6.45, 7) is 4.34. The number of hydrogen-bond acceptors (Lipinski definition) is 3. The molecule has 3 rings (SSSR count). The van der Waals surface area contributed by atoms with Gasteiger partial charge in [0.1, 0.15) is 5.75 Å². The number of rotatable bonds is 5. The fourth-order valence-electron chi connectivity index (χ4n) is 2.76. The molecule has 0 aliphatic carbocycles. The van der Waals surface area contributed by atoms with Crippen molar-refractivity contribution < 1.29 is 4.74 Å². The number of nitrogens with two attached hydrogens (primary N) is 1. The van der Waals surface area contributed by atoms with Crippen molar-refractivity contribution in [2.24, 2.45) is 16.6 Å². The Hall–Kier alpha value is -2.50. The highest BCUT2D eigenvalue weighted by atomic mass is 16.5. The van der Waals surface area contributed by atoms with Crippen LogP contribution in [-0.4, -0.2) is 28.9 Å². The molecular weight excluding hydrogens is 290 g/mol. The van der Waals surface area contributed by atoms with Gasteiger partial charge in [-0.1, -0.05) is 25.1 Å². The Bertz CT molecular complexity index is 653. The van der Waals surface area contributed by atoms with Gasteiger partial charge < -0.3 is 15.8 Å². The molecule has 0 radical (unpaired) electrons. The second-order valence-electron chi connectivity index (χ2n) is 5.93. The Morgan fingerprint density at radius 1 is 1.48 bits per heavy atom. The number of aromatic nitrogens is 2. The fourth-order valence-corrected chi connectivity index (χ4v) is 2.76. The van der Waals surface area contributed by atoms with E-state index in [0.29, 0.717) is 25.0 Å². The predicted octanol–water partition coefficient (Wildman–Crippen LogP) is 1.95. The highest BCUT2D eigenvalue weighted by molar-refractivity contribution is 5.78. The van der Waals surface area contributed by atoms with Crippen molar-refractivity contribution in [2.75, 3.05) is 13.2 Å². The standard InChI is InChI=1S/C17H23N5O/c1-13(12-22-9-4-8-20-22)11-19-17(18)21-15-7-10-23-16-6-3-2-5-14(15)16/h2-6,8-9,13,15H,7,10-12H2,1H3,(H3,18,19,21). The van der Waals surface area contributed by atoms with E-state index < -0.39 is 0 Å². The first kappa shape index (κ1) is 15.4. The van der Waals surface area contributed by atoms with Crippen LogP contribution in [0.3, 0.4) is 0 Å². The van der Waals surface area contributed by atoms with E-state index in [1.54, 1.807) is 6.20 Å². The third-order valence-corrected chi connectivity index (χ3v) is 3.91. The summed E-state index contributed by atoms with van der Waals surface area (Å²) in [6, 6.07) is 10.1. The molecule has 0 fully saturated rings. The monoisotopic (exact) mass is 313 g/mol. The van der Waals surface area contributed by atoms with Crippen LogP contribution in [0.15, 0.2) is 47.7 Å². The number of fused-ring (bicyclic) bond motifs is 1. The molecule has 3 N–H and O–H groups in total. The topological polar surface area (TPSA) is 77.5 Å². The van der Waals surface area contributed by atoms with Gasteiger partial charge in [-0.05, 0) is 18.1 Å². The maximum Gasteiger partial charge on any atom is 0.189 e. The van der Waals surface area contributed by atoms with E-state index >= 15 is 0 Å². The molecule has 1 aromatic heterocycles. The number of benzene rings is 1. The third-order valence-electron chi connectivity index (χ3n) is 3.91. The quantitative estimate of drug-likeness (QED) is 0.653. The third kappa shape index (κ3) is 4.03. The number of nitrogens with one attached hydrogen (secondary N) is 1. The maximum absolute atomic E-state index is 6.06. The van der Waals surface area contributed by atoms with E-state index in [0.717, 1.165) is 24.3 Å². The fraction of sp³-hybridized carbons (Fsp3) is 0.412. The van der Waals surface area contributed by atoms with E-state index in [-0.39, 0.29) is 6.04 Å². The molecule has 2 aromatic rings. The van der Waals surface area contributed by atoms with Crippen molar-refractivity contribution in [3.8, 4) is 5.75 Å². The van der Waals surface area contributed by atoms with Crippen LogP contribution in [0.1, 0.15) is 24.9 Å². The zero-order valence-corrected chi connectivity index (χ0v) is 13.4. The van der Waals surface area contributed by atoms with Crippen molar-refractivity contribution in [3.63, 3.8) is 0 Å². The van der Waals surface area contributed by atoms with Crippen molar-refractivity contribution in [1.82, 2.24) is 15.1 Å². The average Bonchev–Trinajstić information content (AvgIpc) is 3.06. The molecule has 6 heteroatoms. The SMILES string of the molecule is CC(CN=C(N)NC1CCOc2ccccc21)Cn1cccn1. The lowest BCUT2D eigenvalue weighted by Crippen LogP contribution is -2.37. The lowest BCUT2D eigenvalue weighted by atomic mass is 10.0. The van der Waals surface area contributed by atoms with Crippen LogP contribution >= 0.6 is 0 Å². The minimum Gasteiger partial charge on any atom is -0.493 e. The molecule has 0 amide bonds. The van der Waals surface area contributed by atoms with Gasteiger partial charge in [0.15, 0.2) is 5.96 Å². The van der Waals surface area contributed by atoms with E-state index in [9.17, 15) is 0 Å². The maximum atomic E-state index is 6.06. The van der Waals surface area contributed by atoms with Crippen molar-refractivity contribution >= 4 is 5.96 Å². The molecule has 2 heterocycles. The van der Waals surface area contributed by atoms with Gasteiger partial charge in [0, 0.05) is 37.5 Å². The minimum absolute atomic E-state index is 0.158. The van der Waals surface area contributed by atoms with Crippen LogP contribution in [0, 0.1) is 5.92 Å². The molecule has 122 valence electrons. The highest BCUT2D eigenvalue weighted by Crippen LogP contribution is 2.31. The number of nitrogens with zero attached hydrogens (tertiary/aromatic N) is 3. The zero-order valence-electron chi connectivity index (χ0n) is 13.4. The van der Waals surface area contributed by atoms with Gasteiger partial charge in [-0.3, -0.25) is 9.67 Å². The summed E-state index contributed by atoms with van der Waals surface area (Å²) in [5, 5.41) is 7.52. The Morgan fingerprint density at radius 3 is 3.17 bits per heavy atom. The number of para-hydroxylation sites is 1. The molecule has 0 saturated carbocycles. The molecule has 1 aliphatic heterocycles. The van der Waals surface area contributed by atoms with Crippen molar-refractivity contribution in [1.29, 1.82) is 0 Å². The van der Waals surface area contributed by atoms with Gasteiger partial charge in [-0.2, -0.15) is 5.10 Å². The van der Waals surface area contributed by atoms with Gasteiger partial charge in [-0.15, -0.1) is 0 Å². The second kappa shape index (κ2) is 7.17. The molecule has 0 spiro atoms. The first-order valence-electron chi connectivity index (χ1n) is 7.98. The van der Waals surface area contributed by atoms with Gasteiger partial charge in [0.05, 0.1) is 12.6 Å². The summed E-state index contributed by atoms with van der Waals surface area (Å²) in [7, 11) is 0. The van der Waals surface area contributed by atoms with Gasteiger partial charge >= 0.3 is 0 Å². The van der Waals surface area contributed by atoms with Gasteiger partial charge in [-0.25, -0.2) is 0 Å². The highest BCUT2D eigenvalue weighted by Gasteiger charge is 2.21. The molecule has 23 heavy (non-hydrogen) atoms. The van der Waals surface area contributed by atoms with Crippen LogP contribution in [-0.2, 0) is 6.54 Å². The number of aliphatic imine (C=N–C) groups is 1. The molecule has 0 bridgehead atoms. The van der Waals surface area contributed by atoms with E-state index in [1.807, 2.05) is 35.1 Å². The number of ether oxygens (including phenoxy) is 1. The lowest BCUT2D eigenvalue weighted by molar-refractivity contribution is 0.262. The number of guanidine groups is 1. The molecule has 0 saturated heterocycles. The molecule has 1 aliphatic rings. The average molecular weight is 313 g/mol. The van der Waals surface area contributed by atoms with E-state index in [4.69, 9.17) is 10.5 Å². The summed E-state index contributed by atoms with van der Waals surface area (Å²) in [4.78, 5) is 4.47. The second-order valence-corrected chi connectivity index (χ2v) is 5.93. The largest absolute Gasteiger partial charge is 0.493 e. The van der Waals surface area contributed by atoms with E-state index in [1.165, 1.54) is 0 Å². The van der Waals surface area contributed by atoms with Crippen LogP contribution in [0.2, 0.25) is 0 Å². The zero-order chi connectivity index (χ0) is 16.1. The predicted molar refractivity (Wildman–Crippen MR) is 90.3 cm³/mol.